The van der Waals surface area contributed by atoms with Gasteiger partial charge in [0.25, 0.3) is 0 Å². The van der Waals surface area contributed by atoms with Gasteiger partial charge in [-0.2, -0.15) is 0 Å². The highest BCUT2D eigenvalue weighted by molar-refractivity contribution is 6.04. The van der Waals surface area contributed by atoms with Crippen LogP contribution in [-0.2, 0) is 16.6 Å². The van der Waals surface area contributed by atoms with E-state index < -0.39 is 11.4 Å². The second-order valence-corrected chi connectivity index (χ2v) is 10.6. The lowest BCUT2D eigenvalue weighted by Gasteiger charge is -2.41. The van der Waals surface area contributed by atoms with Gasteiger partial charge in [-0.25, -0.2) is 4.79 Å². The van der Waals surface area contributed by atoms with Crippen molar-refractivity contribution in [3.8, 4) is 0 Å². The van der Waals surface area contributed by atoms with Crippen LogP contribution in [0.3, 0.4) is 0 Å². The highest BCUT2D eigenvalue weighted by Crippen LogP contribution is 2.41. The number of benzene rings is 2. The van der Waals surface area contributed by atoms with Crippen molar-refractivity contribution in [2.75, 3.05) is 50.0 Å². The van der Waals surface area contributed by atoms with Gasteiger partial charge in [0.05, 0.1) is 13.2 Å². The highest BCUT2D eigenvalue weighted by atomic mass is 16.5. The number of carboxylic acids is 1. The molecule has 0 unspecified atom stereocenters. The number of hydrogen-bond acceptors (Lipinski definition) is 6. The van der Waals surface area contributed by atoms with Crippen LogP contribution in [0.25, 0.3) is 11.0 Å². The van der Waals surface area contributed by atoms with Gasteiger partial charge in [0.15, 0.2) is 0 Å². The van der Waals surface area contributed by atoms with Crippen LogP contribution >= 0.6 is 0 Å². The fourth-order valence-corrected chi connectivity index (χ4v) is 5.86. The van der Waals surface area contributed by atoms with Crippen molar-refractivity contribution in [2.24, 2.45) is 0 Å². The van der Waals surface area contributed by atoms with E-state index in [1.807, 2.05) is 13.8 Å². The predicted octanol–water partition coefficient (Wildman–Crippen LogP) is 4.90. The van der Waals surface area contributed by atoms with Crippen LogP contribution in [0, 0.1) is 0 Å². The Labute approximate surface area is 212 Å². The molecule has 2 saturated heterocycles. The van der Waals surface area contributed by atoms with Gasteiger partial charge in [0.2, 0.25) is 0 Å². The van der Waals surface area contributed by atoms with Crippen LogP contribution in [-0.4, -0.2) is 61.4 Å². The standard InChI is InChI=1S/C29H37N3O4/c1-4-19-5-6-20(17-24(19)32-11-9-22(10-12-32)31-13-15-35-16-14-31)29(2,3)27-26(28(33)34)23-8-7-21(30)18-25(23)36-27/h5-8,17-18,22H,4,9-16,30H2,1-3H3,(H,33,34). The molecule has 7 heteroatoms. The monoisotopic (exact) mass is 491 g/mol. The maximum atomic E-state index is 12.3. The van der Waals surface area contributed by atoms with Gasteiger partial charge < -0.3 is 24.9 Å². The molecule has 5 rings (SSSR count). The molecular weight excluding hydrogens is 454 g/mol. The number of carbonyl (C=O) groups is 1. The Hall–Kier alpha value is -3.03. The van der Waals surface area contributed by atoms with E-state index >= 15 is 0 Å². The Morgan fingerprint density at radius 3 is 2.47 bits per heavy atom. The third-order valence-electron chi connectivity index (χ3n) is 8.05. The SMILES string of the molecule is CCc1ccc(C(C)(C)c2oc3cc(N)ccc3c2C(=O)O)cc1N1CCC(N2CCOCC2)CC1. The number of piperidine rings is 1. The fraction of sp³-hybridized carbons (Fsp3) is 0.483. The van der Waals surface area contributed by atoms with E-state index in [4.69, 9.17) is 14.9 Å². The number of aryl methyl sites for hydroxylation is 1. The molecule has 2 aliphatic rings. The molecule has 0 saturated carbocycles. The molecule has 2 fully saturated rings. The molecule has 7 nitrogen and oxygen atoms in total. The second kappa shape index (κ2) is 9.79. The summed E-state index contributed by atoms with van der Waals surface area (Å²) in [5, 5.41) is 10.7. The van der Waals surface area contributed by atoms with E-state index in [0.717, 1.165) is 64.2 Å². The lowest BCUT2D eigenvalue weighted by atomic mass is 9.79. The fourth-order valence-electron chi connectivity index (χ4n) is 5.86. The van der Waals surface area contributed by atoms with E-state index in [2.05, 4.69) is 34.9 Å². The van der Waals surface area contributed by atoms with Crippen molar-refractivity contribution in [1.82, 2.24) is 4.90 Å². The van der Waals surface area contributed by atoms with Gasteiger partial charge >= 0.3 is 5.97 Å². The molecule has 0 spiro atoms. The van der Waals surface area contributed by atoms with Gasteiger partial charge in [-0.1, -0.05) is 19.1 Å². The van der Waals surface area contributed by atoms with E-state index in [1.165, 1.54) is 11.3 Å². The quantitative estimate of drug-likeness (QED) is 0.474. The minimum absolute atomic E-state index is 0.211. The first-order valence-corrected chi connectivity index (χ1v) is 13.1. The van der Waals surface area contributed by atoms with Crippen molar-refractivity contribution >= 4 is 28.3 Å². The molecule has 0 amide bonds. The maximum absolute atomic E-state index is 12.3. The minimum Gasteiger partial charge on any atom is -0.478 e. The molecule has 0 radical (unpaired) electrons. The zero-order valence-corrected chi connectivity index (χ0v) is 21.5. The highest BCUT2D eigenvalue weighted by Gasteiger charge is 2.35. The summed E-state index contributed by atoms with van der Waals surface area (Å²) in [6.45, 7) is 12.0. The molecule has 0 aliphatic carbocycles. The van der Waals surface area contributed by atoms with E-state index in [-0.39, 0.29) is 5.56 Å². The molecule has 3 heterocycles. The number of ether oxygens (including phenoxy) is 1. The first kappa shape index (κ1) is 24.7. The Bertz CT molecular complexity index is 1250. The van der Waals surface area contributed by atoms with Crippen LogP contribution < -0.4 is 10.6 Å². The summed E-state index contributed by atoms with van der Waals surface area (Å²) >= 11 is 0. The average molecular weight is 492 g/mol. The lowest BCUT2D eigenvalue weighted by molar-refractivity contribution is 0.0115. The maximum Gasteiger partial charge on any atom is 0.339 e. The molecular formula is C29H37N3O4. The van der Waals surface area contributed by atoms with Crippen molar-refractivity contribution < 1.29 is 19.1 Å². The summed E-state index contributed by atoms with van der Waals surface area (Å²) in [6.07, 6.45) is 3.24. The van der Waals surface area contributed by atoms with E-state index in [1.54, 1.807) is 18.2 Å². The molecule has 3 N–H and O–H groups in total. The smallest absolute Gasteiger partial charge is 0.339 e. The van der Waals surface area contributed by atoms with Crippen LogP contribution in [0.2, 0.25) is 0 Å². The summed E-state index contributed by atoms with van der Waals surface area (Å²) in [4.78, 5) is 17.4. The topological polar surface area (TPSA) is 92.2 Å². The zero-order valence-electron chi connectivity index (χ0n) is 21.5. The van der Waals surface area contributed by atoms with Crippen LogP contribution in [0.15, 0.2) is 40.8 Å². The van der Waals surface area contributed by atoms with Crippen LogP contribution in [0.4, 0.5) is 11.4 Å². The summed E-state index contributed by atoms with van der Waals surface area (Å²) in [7, 11) is 0. The van der Waals surface area contributed by atoms with Crippen molar-refractivity contribution in [2.45, 2.75) is 51.5 Å². The first-order valence-electron chi connectivity index (χ1n) is 13.1. The van der Waals surface area contributed by atoms with E-state index in [0.29, 0.717) is 28.5 Å². The molecule has 3 aromatic rings. The summed E-state index contributed by atoms with van der Waals surface area (Å²) in [6, 6.07) is 12.3. The summed E-state index contributed by atoms with van der Waals surface area (Å²) in [5.74, 6) is -0.533. The number of anilines is 2. The Kier molecular flexibility index (Phi) is 6.70. The molecule has 2 aliphatic heterocycles. The number of nitrogens with zero attached hydrogens (tertiary/aromatic N) is 2. The van der Waals surface area contributed by atoms with Crippen molar-refractivity contribution in [3.63, 3.8) is 0 Å². The Morgan fingerprint density at radius 2 is 1.81 bits per heavy atom. The van der Waals surface area contributed by atoms with Gasteiger partial charge in [-0.3, -0.25) is 4.90 Å². The number of aromatic carboxylic acids is 1. The van der Waals surface area contributed by atoms with Gasteiger partial charge in [-0.05, 0) is 62.4 Å². The number of nitrogen functional groups attached to an aromatic ring is 1. The van der Waals surface area contributed by atoms with Crippen LogP contribution in [0.5, 0.6) is 0 Å². The Morgan fingerprint density at radius 1 is 1.08 bits per heavy atom. The lowest BCUT2D eigenvalue weighted by Crippen LogP contribution is -2.49. The summed E-state index contributed by atoms with van der Waals surface area (Å²) in [5.41, 5.74) is 10.2. The third-order valence-corrected chi connectivity index (χ3v) is 8.05. The molecule has 192 valence electrons. The number of furan rings is 1. The number of fused-ring (bicyclic) bond motifs is 1. The molecule has 2 aromatic carbocycles. The molecule has 0 bridgehead atoms. The normalized spacial score (nSPS) is 18.1. The third kappa shape index (κ3) is 4.46. The van der Waals surface area contributed by atoms with Gasteiger partial charge in [0, 0.05) is 60.5 Å². The number of hydrogen-bond donors (Lipinski definition) is 2. The largest absolute Gasteiger partial charge is 0.478 e. The number of nitrogens with two attached hydrogens (primary N) is 1. The minimum atomic E-state index is -0.989. The number of morpholine rings is 1. The second-order valence-electron chi connectivity index (χ2n) is 10.6. The van der Waals surface area contributed by atoms with Gasteiger partial charge in [-0.15, -0.1) is 0 Å². The molecule has 0 atom stereocenters. The van der Waals surface area contributed by atoms with Crippen molar-refractivity contribution in [1.29, 1.82) is 0 Å². The van der Waals surface area contributed by atoms with Crippen LogP contribution in [0.1, 0.15) is 60.9 Å². The average Bonchev–Trinajstić information content (AvgIpc) is 3.29. The zero-order chi connectivity index (χ0) is 25.4. The number of rotatable bonds is 6. The van der Waals surface area contributed by atoms with Crippen molar-refractivity contribution in [3.05, 3.63) is 58.8 Å². The molecule has 36 heavy (non-hydrogen) atoms. The van der Waals surface area contributed by atoms with E-state index in [9.17, 15) is 9.90 Å². The first-order chi connectivity index (χ1) is 17.3. The number of carboxylic acid groups (broad SMARTS) is 1. The molecule has 1 aromatic heterocycles. The summed E-state index contributed by atoms with van der Waals surface area (Å²) < 4.78 is 11.7. The predicted molar refractivity (Wildman–Crippen MR) is 143 cm³/mol. The van der Waals surface area contributed by atoms with Gasteiger partial charge in [0.1, 0.15) is 16.9 Å². The Balaban J connectivity index is 1.47.